The number of H-pyrrole nitrogens is 1. The predicted molar refractivity (Wildman–Crippen MR) is 123 cm³/mol. The van der Waals surface area contributed by atoms with Crippen LogP contribution >= 0.6 is 0 Å². The number of carbonyl (C=O) groups is 2. The SMILES string of the molecule is O=C(c1ccc(F)cc1)N1CCC[C@H](C(=O)N2CC=C(c3c[nH]c4ccccc34)CC2)C1. The Morgan fingerprint density at radius 1 is 1.00 bits per heavy atom. The van der Waals surface area contributed by atoms with Crippen LogP contribution in [0.1, 0.15) is 35.2 Å². The Labute approximate surface area is 186 Å². The zero-order valence-corrected chi connectivity index (χ0v) is 17.9. The maximum absolute atomic E-state index is 13.2. The van der Waals surface area contributed by atoms with Crippen molar-refractivity contribution in [1.82, 2.24) is 14.8 Å². The third-order valence-corrected chi connectivity index (χ3v) is 6.61. The van der Waals surface area contributed by atoms with Gasteiger partial charge in [0.1, 0.15) is 5.82 Å². The molecule has 0 radical (unpaired) electrons. The summed E-state index contributed by atoms with van der Waals surface area (Å²) in [6.45, 7) is 2.33. The van der Waals surface area contributed by atoms with Crippen LogP contribution in [0.15, 0.2) is 60.8 Å². The highest BCUT2D eigenvalue weighted by Gasteiger charge is 2.32. The minimum atomic E-state index is -0.363. The second kappa shape index (κ2) is 8.61. The van der Waals surface area contributed by atoms with Crippen molar-refractivity contribution in [2.75, 3.05) is 26.2 Å². The number of rotatable bonds is 3. The molecule has 6 heteroatoms. The molecule has 5 nitrogen and oxygen atoms in total. The maximum Gasteiger partial charge on any atom is 0.253 e. The Morgan fingerprint density at radius 3 is 2.59 bits per heavy atom. The van der Waals surface area contributed by atoms with Crippen molar-refractivity contribution in [2.45, 2.75) is 19.3 Å². The number of nitrogens with zero attached hydrogens (tertiary/aromatic N) is 2. The Kier molecular flexibility index (Phi) is 5.52. The fraction of sp³-hybridized carbons (Fsp3) is 0.308. The molecule has 0 spiro atoms. The molecule has 3 aromatic rings. The molecule has 1 N–H and O–H groups in total. The molecule has 1 fully saturated rings. The summed E-state index contributed by atoms with van der Waals surface area (Å²) in [5, 5.41) is 1.21. The molecule has 0 unspecified atom stereocenters. The van der Waals surface area contributed by atoms with E-state index in [2.05, 4.69) is 23.2 Å². The van der Waals surface area contributed by atoms with Crippen molar-refractivity contribution in [2.24, 2.45) is 5.92 Å². The molecular formula is C26H26FN3O2. The largest absolute Gasteiger partial charge is 0.361 e. The minimum absolute atomic E-state index is 0.121. The summed E-state index contributed by atoms with van der Waals surface area (Å²) in [5.74, 6) is -0.562. The summed E-state index contributed by atoms with van der Waals surface area (Å²) < 4.78 is 13.2. The van der Waals surface area contributed by atoms with E-state index < -0.39 is 0 Å². The van der Waals surface area contributed by atoms with Crippen LogP contribution < -0.4 is 0 Å². The number of likely N-dealkylation sites (tertiary alicyclic amines) is 1. The summed E-state index contributed by atoms with van der Waals surface area (Å²) in [7, 11) is 0. The van der Waals surface area contributed by atoms with Gasteiger partial charge in [-0.2, -0.15) is 0 Å². The topological polar surface area (TPSA) is 56.4 Å². The van der Waals surface area contributed by atoms with Gasteiger partial charge in [0.05, 0.1) is 5.92 Å². The molecule has 2 aliphatic heterocycles. The van der Waals surface area contributed by atoms with E-state index in [1.807, 2.05) is 23.2 Å². The van der Waals surface area contributed by atoms with Crippen molar-refractivity contribution in [1.29, 1.82) is 0 Å². The molecule has 1 saturated heterocycles. The first kappa shape index (κ1) is 20.5. The number of para-hydroxylation sites is 1. The number of hydrogen-bond donors (Lipinski definition) is 1. The Balaban J connectivity index is 1.24. The lowest BCUT2D eigenvalue weighted by atomic mass is 9.94. The summed E-state index contributed by atoms with van der Waals surface area (Å²) in [6, 6.07) is 13.9. The van der Waals surface area contributed by atoms with Gasteiger partial charge < -0.3 is 14.8 Å². The van der Waals surface area contributed by atoms with Crippen LogP contribution in [0.5, 0.6) is 0 Å². The third kappa shape index (κ3) is 3.93. The Hall–Kier alpha value is -3.41. The van der Waals surface area contributed by atoms with Crippen LogP contribution in [-0.4, -0.2) is 52.8 Å². The van der Waals surface area contributed by atoms with Crippen molar-refractivity contribution in [3.8, 4) is 0 Å². The lowest BCUT2D eigenvalue weighted by Gasteiger charge is -2.36. The molecule has 1 aromatic heterocycles. The fourth-order valence-corrected chi connectivity index (χ4v) is 4.85. The molecular weight excluding hydrogens is 405 g/mol. The molecule has 0 aliphatic carbocycles. The van der Waals surface area contributed by atoms with Crippen molar-refractivity contribution in [3.63, 3.8) is 0 Å². The van der Waals surface area contributed by atoms with Crippen molar-refractivity contribution < 1.29 is 14.0 Å². The number of carbonyl (C=O) groups excluding carboxylic acids is 2. The highest BCUT2D eigenvalue weighted by atomic mass is 19.1. The Bertz CT molecular complexity index is 1180. The first-order valence-corrected chi connectivity index (χ1v) is 11.2. The van der Waals surface area contributed by atoms with Crippen molar-refractivity contribution in [3.05, 3.63) is 77.7 Å². The molecule has 2 aromatic carbocycles. The molecule has 2 aliphatic rings. The zero-order valence-electron chi connectivity index (χ0n) is 17.9. The first-order chi connectivity index (χ1) is 15.6. The zero-order chi connectivity index (χ0) is 22.1. The number of halogens is 1. The second-order valence-electron chi connectivity index (χ2n) is 8.61. The fourth-order valence-electron chi connectivity index (χ4n) is 4.85. The molecule has 164 valence electrons. The number of piperidine rings is 1. The summed E-state index contributed by atoms with van der Waals surface area (Å²) in [6.07, 6.45) is 6.61. The molecule has 32 heavy (non-hydrogen) atoms. The number of amides is 2. The van der Waals surface area contributed by atoms with E-state index in [9.17, 15) is 14.0 Å². The van der Waals surface area contributed by atoms with Gasteiger partial charge in [-0.05, 0) is 55.2 Å². The number of hydrogen-bond acceptors (Lipinski definition) is 2. The molecule has 1 atom stereocenters. The van der Waals surface area contributed by atoms with Crippen LogP contribution in [0.3, 0.4) is 0 Å². The molecule has 5 rings (SSSR count). The number of nitrogens with one attached hydrogen (secondary N) is 1. The van der Waals surface area contributed by atoms with E-state index in [-0.39, 0.29) is 23.5 Å². The van der Waals surface area contributed by atoms with E-state index in [1.54, 1.807) is 4.90 Å². The van der Waals surface area contributed by atoms with E-state index in [4.69, 9.17) is 0 Å². The van der Waals surface area contributed by atoms with Gasteiger partial charge in [0.25, 0.3) is 5.91 Å². The monoisotopic (exact) mass is 431 g/mol. The smallest absolute Gasteiger partial charge is 0.253 e. The highest BCUT2D eigenvalue weighted by molar-refractivity contribution is 5.95. The second-order valence-corrected chi connectivity index (χ2v) is 8.61. The number of aromatic amines is 1. The summed E-state index contributed by atoms with van der Waals surface area (Å²) in [4.78, 5) is 33.0. The maximum atomic E-state index is 13.2. The molecule has 2 amide bonds. The number of aromatic nitrogens is 1. The lowest BCUT2D eigenvalue weighted by Crippen LogP contribution is -2.47. The van der Waals surface area contributed by atoms with Crippen LogP contribution in [0.4, 0.5) is 4.39 Å². The first-order valence-electron chi connectivity index (χ1n) is 11.2. The lowest BCUT2D eigenvalue weighted by molar-refractivity contribution is -0.136. The quantitative estimate of drug-likeness (QED) is 0.665. The summed E-state index contributed by atoms with van der Waals surface area (Å²) in [5.41, 5.74) is 4.06. The molecule has 0 saturated carbocycles. The summed E-state index contributed by atoms with van der Waals surface area (Å²) >= 11 is 0. The molecule has 3 heterocycles. The molecule has 0 bridgehead atoms. The van der Waals surface area contributed by atoms with Gasteiger partial charge >= 0.3 is 0 Å². The normalized spacial score (nSPS) is 19.2. The average molecular weight is 432 g/mol. The Morgan fingerprint density at radius 2 is 1.81 bits per heavy atom. The van der Waals surface area contributed by atoms with Crippen LogP contribution in [0, 0.1) is 11.7 Å². The predicted octanol–water partition coefficient (Wildman–Crippen LogP) is 4.48. The van der Waals surface area contributed by atoms with E-state index in [1.165, 1.54) is 40.8 Å². The van der Waals surface area contributed by atoms with Gasteiger partial charge in [-0.3, -0.25) is 9.59 Å². The van der Waals surface area contributed by atoms with Gasteiger partial charge in [0.2, 0.25) is 5.91 Å². The van der Waals surface area contributed by atoms with Gasteiger partial charge in [-0.15, -0.1) is 0 Å². The third-order valence-electron chi connectivity index (χ3n) is 6.61. The standard InChI is InChI=1S/C26H26FN3O2/c27-21-9-7-19(8-10-21)25(31)30-13-3-4-20(17-30)26(32)29-14-11-18(12-15-29)23-16-28-24-6-2-1-5-22(23)24/h1-2,5-11,16,20,28H,3-4,12-15,17H2/t20-/m0/s1. The van der Waals surface area contributed by atoms with Crippen LogP contribution in [0.25, 0.3) is 16.5 Å². The van der Waals surface area contributed by atoms with Crippen molar-refractivity contribution >= 4 is 28.3 Å². The highest BCUT2D eigenvalue weighted by Crippen LogP contribution is 2.30. The van der Waals surface area contributed by atoms with Gasteiger partial charge in [-0.25, -0.2) is 4.39 Å². The average Bonchev–Trinajstić information content (AvgIpc) is 3.28. The van der Waals surface area contributed by atoms with Crippen LogP contribution in [0.2, 0.25) is 0 Å². The van der Waals surface area contributed by atoms with Gasteiger partial charge in [-0.1, -0.05) is 24.3 Å². The number of benzene rings is 2. The van der Waals surface area contributed by atoms with E-state index >= 15 is 0 Å². The van der Waals surface area contributed by atoms with Crippen LogP contribution in [-0.2, 0) is 4.79 Å². The van der Waals surface area contributed by atoms with Gasteiger partial charge in [0, 0.05) is 54.4 Å². The minimum Gasteiger partial charge on any atom is -0.361 e. The number of fused-ring (bicyclic) bond motifs is 1. The van der Waals surface area contributed by atoms with E-state index in [0.717, 1.165) is 24.8 Å². The van der Waals surface area contributed by atoms with Gasteiger partial charge in [0.15, 0.2) is 0 Å². The van der Waals surface area contributed by atoms with E-state index in [0.29, 0.717) is 31.7 Å².